The van der Waals surface area contributed by atoms with E-state index < -0.39 is 0 Å². The van der Waals surface area contributed by atoms with Gasteiger partial charge in [0.25, 0.3) is 0 Å². The number of thioether (sulfide) groups is 1. The van der Waals surface area contributed by atoms with Gasteiger partial charge in [-0.15, -0.1) is 11.8 Å². The number of ether oxygens (including phenoxy) is 3. The van der Waals surface area contributed by atoms with Crippen molar-refractivity contribution in [3.63, 3.8) is 0 Å². The Morgan fingerprint density at radius 2 is 1.68 bits per heavy atom. The first kappa shape index (κ1) is 17.6. The number of benzene rings is 2. The second-order valence-corrected chi connectivity index (χ2v) is 6.76. The summed E-state index contributed by atoms with van der Waals surface area (Å²) in [6.07, 6.45) is 0. The molecule has 2 aromatic carbocycles. The number of methoxy groups -OCH3 is 3. The third kappa shape index (κ3) is 3.60. The third-order valence-corrected chi connectivity index (χ3v) is 5.42. The molecule has 2 aromatic rings. The van der Waals surface area contributed by atoms with Crippen LogP contribution in [0.4, 0.5) is 0 Å². The Labute approximate surface area is 151 Å². The van der Waals surface area contributed by atoms with E-state index in [1.54, 1.807) is 45.2 Å². The molecule has 0 saturated carbocycles. The Kier molecular flexibility index (Phi) is 5.50. The van der Waals surface area contributed by atoms with E-state index in [2.05, 4.69) is 17.4 Å². The average molecular weight is 359 g/mol. The van der Waals surface area contributed by atoms with Crippen molar-refractivity contribution in [3.05, 3.63) is 53.6 Å². The summed E-state index contributed by atoms with van der Waals surface area (Å²) in [6.45, 7) is 0. The highest BCUT2D eigenvalue weighted by Gasteiger charge is 2.32. The molecule has 1 aliphatic rings. The zero-order valence-electron chi connectivity index (χ0n) is 14.4. The van der Waals surface area contributed by atoms with Crippen molar-refractivity contribution in [2.24, 2.45) is 0 Å². The van der Waals surface area contributed by atoms with Crippen LogP contribution in [0.3, 0.4) is 0 Å². The number of hydrogen-bond donors (Lipinski definition) is 1. The van der Waals surface area contributed by atoms with Gasteiger partial charge in [-0.05, 0) is 17.7 Å². The van der Waals surface area contributed by atoms with Crippen LogP contribution in [-0.4, -0.2) is 38.9 Å². The fourth-order valence-electron chi connectivity index (χ4n) is 2.87. The molecular weight excluding hydrogens is 338 g/mol. The minimum Gasteiger partial charge on any atom is -0.493 e. The highest BCUT2D eigenvalue weighted by Crippen LogP contribution is 2.39. The normalized spacial score (nSPS) is 19.5. The molecule has 0 bridgehead atoms. The van der Waals surface area contributed by atoms with E-state index in [-0.39, 0.29) is 17.2 Å². The molecular formula is C19H21NO4S. The Morgan fingerprint density at radius 3 is 2.24 bits per heavy atom. The topological polar surface area (TPSA) is 56.8 Å². The summed E-state index contributed by atoms with van der Waals surface area (Å²) in [5.74, 6) is 2.18. The molecule has 132 valence electrons. The van der Waals surface area contributed by atoms with Crippen LogP contribution in [0, 0.1) is 0 Å². The van der Waals surface area contributed by atoms with E-state index in [1.165, 1.54) is 5.56 Å². The molecule has 0 aromatic heterocycles. The maximum absolute atomic E-state index is 12.9. The Bertz CT molecular complexity index is 725. The smallest absolute Gasteiger partial charge is 0.203 e. The van der Waals surface area contributed by atoms with Gasteiger partial charge in [0, 0.05) is 11.3 Å². The molecule has 0 spiro atoms. The number of Topliss-reactive ketones (excluding diaryl/α,β-unsaturated/α-hetero) is 1. The lowest BCUT2D eigenvalue weighted by Crippen LogP contribution is -2.34. The molecule has 6 heteroatoms. The van der Waals surface area contributed by atoms with E-state index in [0.717, 1.165) is 5.75 Å². The van der Waals surface area contributed by atoms with Gasteiger partial charge in [0.2, 0.25) is 5.75 Å². The van der Waals surface area contributed by atoms with E-state index in [0.29, 0.717) is 22.8 Å². The molecule has 2 unspecified atom stereocenters. The lowest BCUT2D eigenvalue weighted by Gasteiger charge is -2.16. The van der Waals surface area contributed by atoms with Crippen molar-refractivity contribution >= 4 is 17.5 Å². The van der Waals surface area contributed by atoms with Crippen molar-refractivity contribution in [3.8, 4) is 17.2 Å². The lowest BCUT2D eigenvalue weighted by molar-refractivity contribution is 0.0955. The zero-order chi connectivity index (χ0) is 17.8. The van der Waals surface area contributed by atoms with Gasteiger partial charge in [-0.2, -0.15) is 0 Å². The van der Waals surface area contributed by atoms with Gasteiger partial charge in [0.1, 0.15) is 0 Å². The second-order valence-electron chi connectivity index (χ2n) is 5.62. The fraction of sp³-hybridized carbons (Fsp3) is 0.316. The van der Waals surface area contributed by atoms with Crippen LogP contribution < -0.4 is 19.5 Å². The molecule has 1 aliphatic heterocycles. The van der Waals surface area contributed by atoms with Crippen molar-refractivity contribution in [1.82, 2.24) is 5.32 Å². The van der Waals surface area contributed by atoms with Gasteiger partial charge in [-0.3, -0.25) is 10.1 Å². The number of rotatable bonds is 6. The summed E-state index contributed by atoms with van der Waals surface area (Å²) in [5.41, 5.74) is 1.72. The summed E-state index contributed by atoms with van der Waals surface area (Å²) >= 11 is 1.73. The van der Waals surface area contributed by atoms with Gasteiger partial charge in [-0.1, -0.05) is 30.3 Å². The van der Waals surface area contributed by atoms with Crippen LogP contribution >= 0.6 is 11.8 Å². The quantitative estimate of drug-likeness (QED) is 0.799. The molecule has 1 heterocycles. The molecule has 0 amide bonds. The molecule has 2 atom stereocenters. The molecule has 25 heavy (non-hydrogen) atoms. The SMILES string of the molecule is COc1cc(C(=O)C2CSC(c3ccccc3)N2)cc(OC)c1OC. The monoisotopic (exact) mass is 359 g/mol. The molecule has 3 rings (SSSR count). The molecule has 0 aliphatic carbocycles. The van der Waals surface area contributed by atoms with Crippen LogP contribution in [0.25, 0.3) is 0 Å². The Balaban J connectivity index is 1.82. The highest BCUT2D eigenvalue weighted by atomic mass is 32.2. The third-order valence-electron chi connectivity index (χ3n) is 4.15. The summed E-state index contributed by atoms with van der Waals surface area (Å²) in [7, 11) is 4.63. The summed E-state index contributed by atoms with van der Waals surface area (Å²) in [6, 6.07) is 13.3. The first-order chi connectivity index (χ1) is 12.2. The number of hydrogen-bond acceptors (Lipinski definition) is 6. The maximum atomic E-state index is 12.9. The Hall–Kier alpha value is -2.18. The van der Waals surface area contributed by atoms with Gasteiger partial charge in [-0.25, -0.2) is 0 Å². The molecule has 1 N–H and O–H groups in total. The van der Waals surface area contributed by atoms with Crippen LogP contribution in [0.2, 0.25) is 0 Å². The fourth-order valence-corrected chi connectivity index (χ4v) is 4.11. The molecule has 1 saturated heterocycles. The average Bonchev–Trinajstić information content (AvgIpc) is 3.17. The molecule has 0 radical (unpaired) electrons. The van der Waals surface area contributed by atoms with E-state index >= 15 is 0 Å². The first-order valence-electron chi connectivity index (χ1n) is 7.94. The van der Waals surface area contributed by atoms with Gasteiger partial charge >= 0.3 is 0 Å². The largest absolute Gasteiger partial charge is 0.493 e. The number of carbonyl (C=O) groups excluding carboxylic acids is 1. The van der Waals surface area contributed by atoms with Crippen molar-refractivity contribution in [2.45, 2.75) is 11.4 Å². The van der Waals surface area contributed by atoms with Gasteiger partial charge in [0.05, 0.1) is 32.7 Å². The van der Waals surface area contributed by atoms with Gasteiger partial charge in [0.15, 0.2) is 17.3 Å². The minimum absolute atomic E-state index is 0.0187. The standard InChI is InChI=1S/C19H21NO4S/c1-22-15-9-13(10-16(23-2)18(15)24-3)17(21)14-11-25-19(20-14)12-7-5-4-6-8-12/h4-10,14,19-20H,11H2,1-3H3. The summed E-state index contributed by atoms with van der Waals surface area (Å²) in [5, 5.41) is 3.53. The van der Waals surface area contributed by atoms with Crippen LogP contribution in [0.15, 0.2) is 42.5 Å². The summed E-state index contributed by atoms with van der Waals surface area (Å²) < 4.78 is 16.0. The zero-order valence-corrected chi connectivity index (χ0v) is 15.3. The van der Waals surface area contributed by atoms with Crippen LogP contribution in [0.1, 0.15) is 21.3 Å². The lowest BCUT2D eigenvalue weighted by atomic mass is 10.0. The second kappa shape index (κ2) is 7.80. The number of carbonyl (C=O) groups is 1. The van der Waals surface area contributed by atoms with E-state index in [9.17, 15) is 4.79 Å². The van der Waals surface area contributed by atoms with E-state index in [1.807, 2.05) is 18.2 Å². The Morgan fingerprint density at radius 1 is 1.04 bits per heavy atom. The van der Waals surface area contributed by atoms with Crippen molar-refractivity contribution in [2.75, 3.05) is 27.1 Å². The van der Waals surface area contributed by atoms with E-state index in [4.69, 9.17) is 14.2 Å². The van der Waals surface area contributed by atoms with Crippen LogP contribution in [0.5, 0.6) is 17.2 Å². The minimum atomic E-state index is -0.252. The number of nitrogens with one attached hydrogen (secondary N) is 1. The highest BCUT2D eigenvalue weighted by molar-refractivity contribution is 7.99. The first-order valence-corrected chi connectivity index (χ1v) is 8.99. The van der Waals surface area contributed by atoms with Gasteiger partial charge < -0.3 is 14.2 Å². The molecule has 5 nitrogen and oxygen atoms in total. The molecule has 1 fully saturated rings. The maximum Gasteiger partial charge on any atom is 0.203 e. The predicted octanol–water partition coefficient (Wildman–Crippen LogP) is 3.30. The predicted molar refractivity (Wildman–Crippen MR) is 99.0 cm³/mol. The van der Waals surface area contributed by atoms with Crippen molar-refractivity contribution in [1.29, 1.82) is 0 Å². The van der Waals surface area contributed by atoms with Crippen molar-refractivity contribution < 1.29 is 19.0 Å². The summed E-state index contributed by atoms with van der Waals surface area (Å²) in [4.78, 5) is 12.9. The van der Waals surface area contributed by atoms with Crippen LogP contribution in [-0.2, 0) is 0 Å². The number of ketones is 1.